The minimum atomic E-state index is -0.486. The van der Waals surface area contributed by atoms with Gasteiger partial charge in [0, 0.05) is 42.8 Å². The SMILES string of the molecule is CC(C)n1ncnc1-n1cc2c(n1)CCOc1ccc(C3CN(C(=O)OC(C)(C)C)C3)cc1-2. The van der Waals surface area contributed by atoms with Crippen molar-refractivity contribution in [1.82, 2.24) is 29.4 Å². The number of hydrogen-bond acceptors (Lipinski definition) is 6. The van der Waals surface area contributed by atoms with Crippen molar-refractivity contribution < 1.29 is 14.3 Å². The molecule has 1 aromatic carbocycles. The van der Waals surface area contributed by atoms with E-state index in [9.17, 15) is 4.79 Å². The summed E-state index contributed by atoms with van der Waals surface area (Å²) in [4.78, 5) is 18.5. The highest BCUT2D eigenvalue weighted by molar-refractivity contribution is 5.74. The van der Waals surface area contributed by atoms with Crippen LogP contribution in [-0.4, -0.2) is 60.8 Å². The summed E-state index contributed by atoms with van der Waals surface area (Å²) in [5.41, 5.74) is 3.75. The number of aromatic nitrogens is 5. The molecule has 33 heavy (non-hydrogen) atoms. The van der Waals surface area contributed by atoms with E-state index in [0.717, 1.165) is 29.0 Å². The van der Waals surface area contributed by atoms with Gasteiger partial charge in [-0.05, 0) is 52.3 Å². The lowest BCUT2D eigenvalue weighted by Crippen LogP contribution is -2.50. The molecule has 5 rings (SSSR count). The summed E-state index contributed by atoms with van der Waals surface area (Å²) >= 11 is 0. The quantitative estimate of drug-likeness (QED) is 0.600. The molecular weight excluding hydrogens is 420 g/mol. The first kappa shape index (κ1) is 21.5. The van der Waals surface area contributed by atoms with Gasteiger partial charge in [-0.2, -0.15) is 15.2 Å². The largest absolute Gasteiger partial charge is 0.493 e. The summed E-state index contributed by atoms with van der Waals surface area (Å²) in [5, 5.41) is 9.16. The first-order valence-corrected chi connectivity index (χ1v) is 11.4. The molecule has 0 aliphatic carbocycles. The van der Waals surface area contributed by atoms with E-state index in [1.165, 1.54) is 5.56 Å². The average Bonchev–Trinajstić information content (AvgIpc) is 3.30. The summed E-state index contributed by atoms with van der Waals surface area (Å²) in [6.45, 7) is 11.7. The molecule has 0 unspecified atom stereocenters. The van der Waals surface area contributed by atoms with Gasteiger partial charge in [-0.15, -0.1) is 0 Å². The first-order valence-electron chi connectivity index (χ1n) is 11.4. The minimum Gasteiger partial charge on any atom is -0.493 e. The van der Waals surface area contributed by atoms with E-state index in [1.807, 2.05) is 42.4 Å². The zero-order valence-electron chi connectivity index (χ0n) is 19.8. The Hall–Kier alpha value is -3.36. The summed E-state index contributed by atoms with van der Waals surface area (Å²) in [7, 11) is 0. The van der Waals surface area contributed by atoms with Crippen LogP contribution in [0.3, 0.4) is 0 Å². The number of likely N-dealkylation sites (tertiary alicyclic amines) is 1. The van der Waals surface area contributed by atoms with E-state index in [2.05, 4.69) is 36.1 Å². The summed E-state index contributed by atoms with van der Waals surface area (Å²) in [6, 6.07) is 6.49. The predicted octanol–water partition coefficient (Wildman–Crippen LogP) is 3.98. The molecule has 2 aliphatic rings. The van der Waals surface area contributed by atoms with E-state index in [4.69, 9.17) is 14.6 Å². The fourth-order valence-electron chi connectivity index (χ4n) is 4.25. The zero-order valence-corrected chi connectivity index (χ0v) is 19.8. The van der Waals surface area contributed by atoms with Crippen LogP contribution >= 0.6 is 0 Å². The van der Waals surface area contributed by atoms with E-state index < -0.39 is 5.60 Å². The highest BCUT2D eigenvalue weighted by Crippen LogP contribution is 2.39. The Kier molecular flexibility index (Phi) is 5.14. The number of carbonyl (C=O) groups is 1. The molecule has 0 bridgehead atoms. The first-order chi connectivity index (χ1) is 15.7. The van der Waals surface area contributed by atoms with Crippen molar-refractivity contribution in [1.29, 1.82) is 0 Å². The van der Waals surface area contributed by atoms with Gasteiger partial charge in [0.05, 0.1) is 18.3 Å². The molecule has 0 saturated carbocycles. The molecule has 0 N–H and O–H groups in total. The fraction of sp³-hybridized carbons (Fsp3) is 0.500. The van der Waals surface area contributed by atoms with Crippen molar-refractivity contribution in [2.75, 3.05) is 19.7 Å². The smallest absolute Gasteiger partial charge is 0.410 e. The Balaban J connectivity index is 1.41. The van der Waals surface area contributed by atoms with Crippen molar-refractivity contribution in [3.63, 3.8) is 0 Å². The van der Waals surface area contributed by atoms with Crippen LogP contribution in [0.5, 0.6) is 5.75 Å². The minimum absolute atomic E-state index is 0.181. The van der Waals surface area contributed by atoms with Crippen LogP contribution in [0.25, 0.3) is 17.1 Å². The molecule has 9 nitrogen and oxygen atoms in total. The van der Waals surface area contributed by atoms with E-state index in [-0.39, 0.29) is 18.1 Å². The predicted molar refractivity (Wildman–Crippen MR) is 123 cm³/mol. The third kappa shape index (κ3) is 4.07. The van der Waals surface area contributed by atoms with Crippen molar-refractivity contribution >= 4 is 6.09 Å². The van der Waals surface area contributed by atoms with Crippen LogP contribution in [0, 0.1) is 0 Å². The Morgan fingerprint density at radius 1 is 1.21 bits per heavy atom. The Morgan fingerprint density at radius 3 is 2.73 bits per heavy atom. The van der Waals surface area contributed by atoms with E-state index in [0.29, 0.717) is 25.6 Å². The Labute approximate surface area is 193 Å². The number of amides is 1. The molecule has 1 fully saturated rings. The van der Waals surface area contributed by atoms with Gasteiger partial charge in [0.15, 0.2) is 0 Å². The van der Waals surface area contributed by atoms with Crippen molar-refractivity contribution in [3.8, 4) is 22.8 Å². The maximum Gasteiger partial charge on any atom is 0.410 e. The highest BCUT2D eigenvalue weighted by Gasteiger charge is 2.35. The Morgan fingerprint density at radius 2 is 2.00 bits per heavy atom. The second-order valence-corrected chi connectivity index (χ2v) is 9.97. The van der Waals surface area contributed by atoms with Crippen LogP contribution in [0.2, 0.25) is 0 Å². The van der Waals surface area contributed by atoms with Gasteiger partial charge in [-0.3, -0.25) is 0 Å². The lowest BCUT2D eigenvalue weighted by atomic mass is 9.89. The molecule has 174 valence electrons. The number of hydrogen-bond donors (Lipinski definition) is 0. The van der Waals surface area contributed by atoms with Crippen molar-refractivity contribution in [2.45, 2.75) is 58.6 Å². The number of nitrogens with zero attached hydrogens (tertiary/aromatic N) is 6. The van der Waals surface area contributed by atoms with Gasteiger partial charge >= 0.3 is 6.09 Å². The number of rotatable bonds is 3. The van der Waals surface area contributed by atoms with E-state index >= 15 is 0 Å². The zero-order chi connectivity index (χ0) is 23.3. The van der Waals surface area contributed by atoms with Crippen LogP contribution in [-0.2, 0) is 11.2 Å². The number of carbonyl (C=O) groups excluding carboxylic acids is 1. The number of ether oxygens (including phenoxy) is 2. The summed E-state index contributed by atoms with van der Waals surface area (Å²) in [5.74, 6) is 1.82. The van der Waals surface area contributed by atoms with Gasteiger partial charge in [0.25, 0.3) is 0 Å². The lowest BCUT2D eigenvalue weighted by Gasteiger charge is -2.40. The molecule has 4 heterocycles. The molecule has 0 spiro atoms. The topological polar surface area (TPSA) is 87.3 Å². The molecule has 0 radical (unpaired) electrons. The monoisotopic (exact) mass is 450 g/mol. The van der Waals surface area contributed by atoms with Gasteiger partial charge < -0.3 is 14.4 Å². The second-order valence-electron chi connectivity index (χ2n) is 9.97. The lowest BCUT2D eigenvalue weighted by molar-refractivity contribution is 0.00819. The van der Waals surface area contributed by atoms with Crippen molar-refractivity contribution in [2.24, 2.45) is 0 Å². The number of fused-ring (bicyclic) bond motifs is 3. The van der Waals surface area contributed by atoms with Gasteiger partial charge in [-0.1, -0.05) is 6.07 Å². The summed E-state index contributed by atoms with van der Waals surface area (Å²) < 4.78 is 15.2. The molecular formula is C24H30N6O3. The van der Waals surface area contributed by atoms with Crippen LogP contribution in [0.1, 0.15) is 57.8 Å². The van der Waals surface area contributed by atoms with E-state index in [1.54, 1.807) is 11.2 Å². The maximum atomic E-state index is 12.3. The van der Waals surface area contributed by atoms with Crippen molar-refractivity contribution in [3.05, 3.63) is 42.0 Å². The standard InChI is InChI=1S/C24H30N6O3/c1-15(2)30-22(25-14-26-30)29-13-19-18-10-16(6-7-21(18)32-9-8-20(19)27-29)17-11-28(12-17)23(31)33-24(3,4)5/h6-7,10,13-15,17H,8-9,11-12H2,1-5H3. The van der Waals surface area contributed by atoms with Crippen LogP contribution in [0.15, 0.2) is 30.7 Å². The average molecular weight is 451 g/mol. The third-order valence-electron chi connectivity index (χ3n) is 5.93. The Bertz CT molecular complexity index is 1180. The van der Waals surface area contributed by atoms with Gasteiger partial charge in [0.1, 0.15) is 17.7 Å². The molecule has 2 aromatic heterocycles. The molecule has 1 saturated heterocycles. The summed E-state index contributed by atoms with van der Waals surface area (Å²) in [6.07, 6.45) is 4.04. The van der Waals surface area contributed by atoms with Crippen LogP contribution in [0.4, 0.5) is 4.79 Å². The maximum absolute atomic E-state index is 12.3. The second kappa shape index (κ2) is 7.90. The third-order valence-corrected chi connectivity index (χ3v) is 5.93. The van der Waals surface area contributed by atoms with Gasteiger partial charge in [0.2, 0.25) is 5.95 Å². The molecule has 0 atom stereocenters. The molecule has 9 heteroatoms. The highest BCUT2D eigenvalue weighted by atomic mass is 16.6. The molecule has 2 aliphatic heterocycles. The van der Waals surface area contributed by atoms with Gasteiger partial charge in [-0.25, -0.2) is 14.2 Å². The number of benzene rings is 1. The normalized spacial score (nSPS) is 16.0. The molecule has 3 aromatic rings. The van der Waals surface area contributed by atoms with Crippen LogP contribution < -0.4 is 4.74 Å². The molecule has 1 amide bonds. The fourth-order valence-corrected chi connectivity index (χ4v) is 4.25.